The predicted octanol–water partition coefficient (Wildman–Crippen LogP) is 3.44. The number of furan rings is 1. The molecule has 0 spiro atoms. The standard InChI is InChI=1S/C23H30N6O2/c1-2-28-11-13-29(14-12-28)15-17-31-20-7-5-19(6-8-20)26-23-24-10-9-22(27-23)25-18-21-4-3-16-30-21/h3-10,16H,2,11-15,17-18H2,1H3,(H2,24,25,26,27). The molecule has 0 radical (unpaired) electrons. The van der Waals surface area contributed by atoms with Gasteiger partial charge < -0.3 is 24.7 Å². The van der Waals surface area contributed by atoms with Crippen LogP contribution < -0.4 is 15.4 Å². The average molecular weight is 423 g/mol. The average Bonchev–Trinajstić information content (AvgIpc) is 3.33. The number of likely N-dealkylation sites (N-methyl/N-ethyl adjacent to an activating group) is 1. The van der Waals surface area contributed by atoms with Crippen molar-refractivity contribution in [3.05, 3.63) is 60.7 Å². The van der Waals surface area contributed by atoms with Crippen LogP contribution in [-0.4, -0.2) is 65.6 Å². The van der Waals surface area contributed by atoms with Crippen molar-refractivity contribution in [1.82, 2.24) is 19.8 Å². The summed E-state index contributed by atoms with van der Waals surface area (Å²) >= 11 is 0. The van der Waals surface area contributed by atoms with Gasteiger partial charge in [0.1, 0.15) is 23.9 Å². The van der Waals surface area contributed by atoms with Crippen molar-refractivity contribution in [3.8, 4) is 5.75 Å². The monoisotopic (exact) mass is 422 g/mol. The second-order valence-electron chi connectivity index (χ2n) is 7.47. The lowest BCUT2D eigenvalue weighted by atomic mass is 10.3. The van der Waals surface area contributed by atoms with Gasteiger partial charge >= 0.3 is 0 Å². The van der Waals surface area contributed by atoms with Gasteiger partial charge in [-0.3, -0.25) is 4.90 Å². The molecule has 1 aromatic carbocycles. The van der Waals surface area contributed by atoms with Gasteiger partial charge in [0.25, 0.3) is 0 Å². The summed E-state index contributed by atoms with van der Waals surface area (Å²) in [7, 11) is 0. The molecule has 0 aliphatic carbocycles. The van der Waals surface area contributed by atoms with Gasteiger partial charge in [-0.15, -0.1) is 0 Å². The summed E-state index contributed by atoms with van der Waals surface area (Å²) in [5.41, 5.74) is 0.909. The maximum absolute atomic E-state index is 5.92. The van der Waals surface area contributed by atoms with E-state index >= 15 is 0 Å². The van der Waals surface area contributed by atoms with Crippen molar-refractivity contribution in [2.75, 3.05) is 56.5 Å². The summed E-state index contributed by atoms with van der Waals surface area (Å²) in [5.74, 6) is 2.98. The lowest BCUT2D eigenvalue weighted by Gasteiger charge is -2.33. The molecule has 1 aliphatic heterocycles. The number of benzene rings is 1. The molecule has 164 valence electrons. The molecule has 3 heterocycles. The first-order chi connectivity index (χ1) is 15.3. The zero-order valence-electron chi connectivity index (χ0n) is 18.0. The Bertz CT molecular complexity index is 908. The Balaban J connectivity index is 1.22. The normalized spacial score (nSPS) is 15.0. The fourth-order valence-corrected chi connectivity index (χ4v) is 3.49. The molecule has 2 aromatic heterocycles. The highest BCUT2D eigenvalue weighted by atomic mass is 16.5. The van der Waals surface area contributed by atoms with Gasteiger partial charge in [-0.05, 0) is 49.0 Å². The molecule has 4 rings (SSSR count). The van der Waals surface area contributed by atoms with E-state index in [1.807, 2.05) is 42.5 Å². The van der Waals surface area contributed by atoms with Crippen LogP contribution in [-0.2, 0) is 6.54 Å². The fourth-order valence-electron chi connectivity index (χ4n) is 3.49. The van der Waals surface area contributed by atoms with Crippen molar-refractivity contribution >= 4 is 17.5 Å². The molecule has 8 heteroatoms. The van der Waals surface area contributed by atoms with Crippen molar-refractivity contribution < 1.29 is 9.15 Å². The van der Waals surface area contributed by atoms with E-state index in [0.29, 0.717) is 19.1 Å². The molecule has 1 fully saturated rings. The number of hydrogen-bond acceptors (Lipinski definition) is 8. The van der Waals surface area contributed by atoms with E-state index in [9.17, 15) is 0 Å². The molecular formula is C23H30N6O2. The molecule has 1 saturated heterocycles. The first-order valence-corrected chi connectivity index (χ1v) is 10.8. The summed E-state index contributed by atoms with van der Waals surface area (Å²) in [5, 5.41) is 6.45. The van der Waals surface area contributed by atoms with Gasteiger partial charge in [-0.25, -0.2) is 4.98 Å². The Morgan fingerprint density at radius 1 is 1.03 bits per heavy atom. The summed E-state index contributed by atoms with van der Waals surface area (Å²) in [6, 6.07) is 13.5. The third-order valence-corrected chi connectivity index (χ3v) is 5.38. The maximum atomic E-state index is 5.92. The topological polar surface area (TPSA) is 78.7 Å². The highest BCUT2D eigenvalue weighted by molar-refractivity contribution is 5.55. The van der Waals surface area contributed by atoms with Crippen LogP contribution >= 0.6 is 0 Å². The quantitative estimate of drug-likeness (QED) is 0.514. The molecule has 0 saturated carbocycles. The first kappa shape index (κ1) is 21.1. The third kappa shape index (κ3) is 6.44. The smallest absolute Gasteiger partial charge is 0.229 e. The van der Waals surface area contributed by atoms with Gasteiger partial charge in [0.05, 0.1) is 12.8 Å². The van der Waals surface area contributed by atoms with Crippen molar-refractivity contribution in [2.24, 2.45) is 0 Å². The van der Waals surface area contributed by atoms with E-state index in [0.717, 1.165) is 62.3 Å². The molecule has 3 aromatic rings. The second kappa shape index (κ2) is 10.8. The first-order valence-electron chi connectivity index (χ1n) is 10.8. The molecular weight excluding hydrogens is 392 g/mol. The number of ether oxygens (including phenoxy) is 1. The molecule has 1 aliphatic rings. The van der Waals surface area contributed by atoms with Gasteiger partial charge in [-0.1, -0.05) is 6.92 Å². The Morgan fingerprint density at radius 3 is 2.58 bits per heavy atom. The SMILES string of the molecule is CCN1CCN(CCOc2ccc(Nc3nccc(NCc4ccco4)n3)cc2)CC1. The summed E-state index contributed by atoms with van der Waals surface area (Å²) in [4.78, 5) is 13.7. The minimum absolute atomic E-state index is 0.532. The number of nitrogens with one attached hydrogen (secondary N) is 2. The largest absolute Gasteiger partial charge is 0.492 e. The van der Waals surface area contributed by atoms with Gasteiger partial charge in [-0.2, -0.15) is 4.98 Å². The van der Waals surface area contributed by atoms with Crippen molar-refractivity contribution in [1.29, 1.82) is 0 Å². The van der Waals surface area contributed by atoms with Crippen LogP contribution in [0.1, 0.15) is 12.7 Å². The summed E-state index contributed by atoms with van der Waals surface area (Å²) < 4.78 is 11.2. The number of hydrogen-bond donors (Lipinski definition) is 2. The van der Waals surface area contributed by atoms with Crippen LogP contribution in [0.3, 0.4) is 0 Å². The Labute approximate surface area is 183 Å². The molecule has 0 atom stereocenters. The second-order valence-corrected chi connectivity index (χ2v) is 7.47. The zero-order chi connectivity index (χ0) is 21.3. The fraction of sp³-hybridized carbons (Fsp3) is 0.391. The van der Waals surface area contributed by atoms with E-state index in [1.54, 1.807) is 12.5 Å². The molecule has 0 unspecified atom stereocenters. The van der Waals surface area contributed by atoms with E-state index in [4.69, 9.17) is 9.15 Å². The zero-order valence-corrected chi connectivity index (χ0v) is 18.0. The van der Waals surface area contributed by atoms with Crippen LogP contribution in [0.5, 0.6) is 5.75 Å². The molecule has 2 N–H and O–H groups in total. The predicted molar refractivity (Wildman–Crippen MR) is 122 cm³/mol. The van der Waals surface area contributed by atoms with Crippen molar-refractivity contribution in [2.45, 2.75) is 13.5 Å². The summed E-state index contributed by atoms with van der Waals surface area (Å²) in [6.07, 6.45) is 3.38. The minimum atomic E-state index is 0.532. The Morgan fingerprint density at radius 2 is 1.84 bits per heavy atom. The van der Waals surface area contributed by atoms with Crippen LogP contribution in [0.25, 0.3) is 0 Å². The highest BCUT2D eigenvalue weighted by Crippen LogP contribution is 2.19. The lowest BCUT2D eigenvalue weighted by molar-refractivity contribution is 0.121. The highest BCUT2D eigenvalue weighted by Gasteiger charge is 2.14. The molecule has 0 amide bonds. The molecule has 8 nitrogen and oxygen atoms in total. The van der Waals surface area contributed by atoms with E-state index in [-0.39, 0.29) is 0 Å². The third-order valence-electron chi connectivity index (χ3n) is 5.38. The number of nitrogens with zero attached hydrogens (tertiary/aromatic N) is 4. The number of aromatic nitrogens is 2. The Kier molecular flexibility index (Phi) is 7.36. The van der Waals surface area contributed by atoms with Gasteiger partial charge in [0.2, 0.25) is 5.95 Å². The van der Waals surface area contributed by atoms with Crippen LogP contribution in [0.15, 0.2) is 59.3 Å². The molecule has 0 bridgehead atoms. The van der Waals surface area contributed by atoms with E-state index in [2.05, 4.69) is 37.3 Å². The number of anilines is 3. The van der Waals surface area contributed by atoms with E-state index in [1.165, 1.54) is 0 Å². The van der Waals surface area contributed by atoms with Crippen LogP contribution in [0.4, 0.5) is 17.5 Å². The van der Waals surface area contributed by atoms with Crippen LogP contribution in [0.2, 0.25) is 0 Å². The maximum Gasteiger partial charge on any atom is 0.229 e. The Hall–Kier alpha value is -3.10. The number of rotatable bonds is 10. The molecule has 31 heavy (non-hydrogen) atoms. The minimum Gasteiger partial charge on any atom is -0.492 e. The van der Waals surface area contributed by atoms with Gasteiger partial charge in [0.15, 0.2) is 0 Å². The van der Waals surface area contributed by atoms with Crippen LogP contribution in [0, 0.1) is 0 Å². The van der Waals surface area contributed by atoms with Gasteiger partial charge in [0, 0.05) is 44.6 Å². The number of piperazine rings is 1. The van der Waals surface area contributed by atoms with E-state index < -0.39 is 0 Å². The lowest BCUT2D eigenvalue weighted by Crippen LogP contribution is -2.47. The summed E-state index contributed by atoms with van der Waals surface area (Å²) in [6.45, 7) is 10.1. The van der Waals surface area contributed by atoms with Crippen molar-refractivity contribution in [3.63, 3.8) is 0 Å².